The topological polar surface area (TPSA) is 111 Å². The highest BCUT2D eigenvalue weighted by Crippen LogP contribution is 2.37. The molecular weight excluding hydrogens is 532 g/mol. The Labute approximate surface area is 202 Å². The van der Waals surface area contributed by atoms with E-state index in [4.69, 9.17) is 4.74 Å². The number of carbonyl (C=O) groups excluding carboxylic acids is 2. The van der Waals surface area contributed by atoms with E-state index in [2.05, 4.69) is 26.0 Å². The van der Waals surface area contributed by atoms with Crippen LogP contribution < -0.4 is 4.74 Å². The number of sulfonamides is 1. The van der Waals surface area contributed by atoms with Crippen LogP contribution in [0.1, 0.15) is 12.5 Å². The molecule has 1 aliphatic heterocycles. The normalized spacial score (nSPS) is 15.5. The molecule has 3 aromatic rings. The number of pyridine rings is 1. The van der Waals surface area contributed by atoms with Gasteiger partial charge in [-0.05, 0) is 71.0 Å². The molecule has 1 saturated heterocycles. The molecule has 0 atom stereocenters. The molecule has 0 bridgehead atoms. The van der Waals surface area contributed by atoms with Gasteiger partial charge in [0.15, 0.2) is 5.82 Å². The Morgan fingerprint density at radius 2 is 2.00 bits per heavy atom. The summed E-state index contributed by atoms with van der Waals surface area (Å²) < 4.78 is 31.8. The smallest absolute Gasteiger partial charge is 0.307 e. The lowest BCUT2D eigenvalue weighted by Crippen LogP contribution is -2.33. The fourth-order valence-corrected chi connectivity index (χ4v) is 5.58. The molecule has 0 N–H and O–H groups in total. The molecule has 0 unspecified atom stereocenters. The van der Waals surface area contributed by atoms with E-state index in [1.54, 1.807) is 35.3 Å². The van der Waals surface area contributed by atoms with Gasteiger partial charge in [0.25, 0.3) is 5.91 Å². The fraction of sp³-hybridized carbons (Fsp3) is 0.143. The van der Waals surface area contributed by atoms with Crippen LogP contribution in [0.15, 0.2) is 58.2 Å². The number of hydrogen-bond donors (Lipinski definition) is 0. The number of amides is 2. The van der Waals surface area contributed by atoms with Crippen LogP contribution in [0.5, 0.6) is 5.75 Å². The first-order valence-corrected chi connectivity index (χ1v) is 13.1. The summed E-state index contributed by atoms with van der Waals surface area (Å²) in [5.74, 6) is 0.325. The molecule has 1 fully saturated rings. The molecule has 9 nitrogen and oxygen atoms in total. The van der Waals surface area contributed by atoms with Crippen molar-refractivity contribution in [3.63, 3.8) is 0 Å². The summed E-state index contributed by atoms with van der Waals surface area (Å²) in [7, 11) is -4.02. The second-order valence-electron chi connectivity index (χ2n) is 6.85. The maximum absolute atomic E-state index is 12.6. The van der Waals surface area contributed by atoms with Gasteiger partial charge in [-0.15, -0.1) is 0 Å². The van der Waals surface area contributed by atoms with Crippen LogP contribution in [-0.2, 0) is 14.8 Å². The summed E-state index contributed by atoms with van der Waals surface area (Å²) in [6, 6.07) is 10.8. The van der Waals surface area contributed by atoms with E-state index in [1.165, 1.54) is 6.08 Å². The van der Waals surface area contributed by atoms with Crippen molar-refractivity contribution in [3.8, 4) is 22.8 Å². The minimum Gasteiger partial charge on any atom is -0.493 e. The van der Waals surface area contributed by atoms with E-state index in [9.17, 15) is 18.0 Å². The molecule has 1 aliphatic rings. The van der Waals surface area contributed by atoms with E-state index in [0.29, 0.717) is 46.8 Å². The monoisotopic (exact) mass is 548 g/mol. The summed E-state index contributed by atoms with van der Waals surface area (Å²) in [4.78, 5) is 29.1. The third-order valence-corrected chi connectivity index (χ3v) is 7.11. The Bertz CT molecular complexity index is 1390. The zero-order valence-electron chi connectivity index (χ0n) is 17.4. The second-order valence-corrected chi connectivity index (χ2v) is 10.5. The van der Waals surface area contributed by atoms with Crippen molar-refractivity contribution in [2.75, 3.05) is 12.9 Å². The van der Waals surface area contributed by atoms with E-state index in [1.807, 2.05) is 25.1 Å². The number of nitrogens with zero attached hydrogens (tertiary/aromatic N) is 4. The minimum absolute atomic E-state index is 0.0164. The Morgan fingerprint density at radius 1 is 1.21 bits per heavy atom. The summed E-state index contributed by atoms with van der Waals surface area (Å²) >= 11 is 4.06. The molecule has 1 aromatic carbocycles. The number of hydrogen-bond acceptors (Lipinski definition) is 8. The molecular formula is C21H17BrN4O5S2. The van der Waals surface area contributed by atoms with E-state index < -0.39 is 21.2 Å². The Balaban J connectivity index is 1.83. The lowest BCUT2D eigenvalue weighted by atomic mass is 10.1. The average molecular weight is 549 g/mol. The summed E-state index contributed by atoms with van der Waals surface area (Å²) in [6.07, 6.45) is 5.56. The standard InChI is InChI=1S/C21H17BrN4O5S2/c1-3-31-16-8-7-13(10-15(16)22)19-14(12-25(24-19)18-6-4-5-9-23-18)11-17-20(27)26(21(28)32-17)33(2,29)30/h4-12H,3H2,1-2H3/b17-11-. The van der Waals surface area contributed by atoms with Gasteiger partial charge in [0, 0.05) is 23.5 Å². The number of thioether (sulfide) groups is 1. The third kappa shape index (κ3) is 4.72. The van der Waals surface area contributed by atoms with E-state index in [0.717, 1.165) is 10.7 Å². The number of ether oxygens (including phenoxy) is 1. The van der Waals surface area contributed by atoms with Crippen LogP contribution in [0.4, 0.5) is 4.79 Å². The fourth-order valence-electron chi connectivity index (χ4n) is 3.13. The van der Waals surface area contributed by atoms with Crippen LogP contribution in [0.3, 0.4) is 0 Å². The van der Waals surface area contributed by atoms with Gasteiger partial charge < -0.3 is 4.74 Å². The first-order chi connectivity index (χ1) is 15.7. The van der Waals surface area contributed by atoms with Gasteiger partial charge in [0.05, 0.1) is 22.2 Å². The molecule has 3 heterocycles. The van der Waals surface area contributed by atoms with Crippen molar-refractivity contribution in [1.82, 2.24) is 19.1 Å². The molecule has 0 spiro atoms. The van der Waals surface area contributed by atoms with Crippen molar-refractivity contribution < 1.29 is 22.7 Å². The highest BCUT2D eigenvalue weighted by Gasteiger charge is 2.41. The van der Waals surface area contributed by atoms with E-state index in [-0.39, 0.29) is 9.21 Å². The number of aromatic nitrogens is 3. The lowest BCUT2D eigenvalue weighted by molar-refractivity contribution is -0.119. The van der Waals surface area contributed by atoms with Gasteiger partial charge in [-0.1, -0.05) is 6.07 Å². The summed E-state index contributed by atoms with van der Waals surface area (Å²) in [5.41, 5.74) is 1.74. The van der Waals surface area contributed by atoms with Gasteiger partial charge in [-0.25, -0.2) is 18.1 Å². The number of imide groups is 1. The first-order valence-electron chi connectivity index (χ1n) is 9.61. The Morgan fingerprint density at radius 3 is 2.61 bits per heavy atom. The van der Waals surface area contributed by atoms with Crippen molar-refractivity contribution in [2.24, 2.45) is 0 Å². The van der Waals surface area contributed by atoms with Gasteiger partial charge in [0.2, 0.25) is 10.0 Å². The summed E-state index contributed by atoms with van der Waals surface area (Å²) in [6.45, 7) is 2.39. The highest BCUT2D eigenvalue weighted by molar-refractivity contribution is 9.10. The maximum Gasteiger partial charge on any atom is 0.307 e. The molecule has 12 heteroatoms. The largest absolute Gasteiger partial charge is 0.493 e. The number of halogens is 1. The SMILES string of the molecule is CCOc1ccc(-c2nn(-c3ccccn3)cc2/C=C2\SC(=O)N(S(C)(=O)=O)C2=O)cc1Br. The Hall–Kier alpha value is -2.96. The van der Waals surface area contributed by atoms with Crippen molar-refractivity contribution in [2.45, 2.75) is 6.92 Å². The third-order valence-electron chi connectivity index (χ3n) is 4.51. The van der Waals surface area contributed by atoms with Crippen LogP contribution >= 0.6 is 27.7 Å². The molecule has 0 saturated carbocycles. The molecule has 0 radical (unpaired) electrons. The van der Waals surface area contributed by atoms with Crippen molar-refractivity contribution >= 4 is 54.9 Å². The molecule has 170 valence electrons. The molecule has 0 aliphatic carbocycles. The molecule has 33 heavy (non-hydrogen) atoms. The molecule has 4 rings (SSSR count). The predicted octanol–water partition coefficient (Wildman–Crippen LogP) is 4.09. The number of carbonyl (C=O) groups is 2. The van der Waals surface area contributed by atoms with Crippen molar-refractivity contribution in [3.05, 3.63) is 63.7 Å². The second kappa shape index (κ2) is 9.12. The average Bonchev–Trinajstić information content (AvgIpc) is 3.30. The number of benzene rings is 1. The maximum atomic E-state index is 12.6. The lowest BCUT2D eigenvalue weighted by Gasteiger charge is -2.08. The highest BCUT2D eigenvalue weighted by atomic mass is 79.9. The van der Waals surface area contributed by atoms with Gasteiger partial charge in [-0.2, -0.15) is 9.40 Å². The zero-order valence-corrected chi connectivity index (χ0v) is 20.6. The van der Waals surface area contributed by atoms with Crippen LogP contribution in [0, 0.1) is 0 Å². The zero-order chi connectivity index (χ0) is 23.8. The summed E-state index contributed by atoms with van der Waals surface area (Å²) in [5, 5.41) is 3.77. The first kappa shape index (κ1) is 23.2. The van der Waals surface area contributed by atoms with Gasteiger partial charge >= 0.3 is 5.24 Å². The molecule has 2 aromatic heterocycles. The quantitative estimate of drug-likeness (QED) is 0.423. The van der Waals surface area contributed by atoms with Crippen molar-refractivity contribution in [1.29, 1.82) is 0 Å². The van der Waals surface area contributed by atoms with Crippen LogP contribution in [-0.4, -0.2) is 51.5 Å². The predicted molar refractivity (Wildman–Crippen MR) is 128 cm³/mol. The minimum atomic E-state index is -4.02. The molecule has 2 amide bonds. The van der Waals surface area contributed by atoms with Crippen LogP contribution in [0.25, 0.3) is 23.2 Å². The van der Waals surface area contributed by atoms with E-state index >= 15 is 0 Å². The van der Waals surface area contributed by atoms with Crippen LogP contribution in [0.2, 0.25) is 0 Å². The number of rotatable bonds is 6. The van der Waals surface area contributed by atoms with Gasteiger partial charge in [-0.3, -0.25) is 9.59 Å². The van der Waals surface area contributed by atoms with Gasteiger partial charge in [0.1, 0.15) is 11.4 Å². The Kier molecular flexibility index (Phi) is 6.41.